The molecule has 6 rings (SSSR count). The van der Waals surface area contributed by atoms with E-state index in [1.165, 1.54) is 11.1 Å². The summed E-state index contributed by atoms with van der Waals surface area (Å²) in [6.07, 6.45) is 2.17. The molecule has 2 aliphatic rings. The summed E-state index contributed by atoms with van der Waals surface area (Å²) in [6.45, 7) is 6.82. The molecule has 228 valence electrons. The van der Waals surface area contributed by atoms with Crippen LogP contribution in [-0.2, 0) is 4.74 Å². The van der Waals surface area contributed by atoms with Gasteiger partial charge in [-0.2, -0.15) is 0 Å². The molecule has 0 saturated carbocycles. The quantitative estimate of drug-likeness (QED) is 0.227. The minimum absolute atomic E-state index is 0.0765. The fourth-order valence-electron chi connectivity index (χ4n) is 6.41. The van der Waals surface area contributed by atoms with Crippen molar-refractivity contribution in [1.82, 2.24) is 15.1 Å². The minimum atomic E-state index is -0.111. The van der Waals surface area contributed by atoms with E-state index < -0.39 is 0 Å². The van der Waals surface area contributed by atoms with Gasteiger partial charge in [0.15, 0.2) is 0 Å². The maximum absolute atomic E-state index is 13.5. The number of nitrogens with one attached hydrogen (secondary N) is 1. The van der Waals surface area contributed by atoms with Gasteiger partial charge < -0.3 is 14.8 Å². The average molecular weight is 590 g/mol. The van der Waals surface area contributed by atoms with Crippen molar-refractivity contribution in [3.05, 3.63) is 138 Å². The Morgan fingerprint density at radius 3 is 2.05 bits per heavy atom. The molecule has 4 aromatic carbocycles. The number of likely N-dealkylation sites (tertiary alicyclic amines) is 1. The number of carbonyl (C=O) groups excluding carboxylic acids is 1. The van der Waals surface area contributed by atoms with E-state index in [1.54, 1.807) is 0 Å². The fourth-order valence-corrected chi connectivity index (χ4v) is 6.41. The number of amides is 1. The lowest BCUT2D eigenvalue weighted by Crippen LogP contribution is -2.43. The van der Waals surface area contributed by atoms with Crippen molar-refractivity contribution in [2.24, 2.45) is 0 Å². The van der Waals surface area contributed by atoms with Crippen molar-refractivity contribution in [1.29, 1.82) is 0 Å². The van der Waals surface area contributed by atoms with Crippen molar-refractivity contribution in [2.75, 3.05) is 52.5 Å². The first-order valence-electron chi connectivity index (χ1n) is 16.0. The van der Waals surface area contributed by atoms with E-state index in [9.17, 15) is 4.79 Å². The van der Waals surface area contributed by atoms with E-state index in [0.29, 0.717) is 11.5 Å². The summed E-state index contributed by atoms with van der Waals surface area (Å²) in [5, 5.41) is 3.30. The number of hydrogen-bond acceptors (Lipinski definition) is 5. The predicted molar refractivity (Wildman–Crippen MR) is 175 cm³/mol. The molecule has 0 radical (unpaired) electrons. The van der Waals surface area contributed by atoms with Crippen LogP contribution in [-0.4, -0.2) is 74.3 Å². The van der Waals surface area contributed by atoms with Gasteiger partial charge in [-0.05, 0) is 54.3 Å². The highest BCUT2D eigenvalue weighted by atomic mass is 16.5. The Bertz CT molecular complexity index is 1400. The fraction of sp³-hybridized carbons (Fsp3) is 0.342. The highest BCUT2D eigenvalue weighted by molar-refractivity contribution is 5.94. The normalized spacial score (nSPS) is 18.5. The Kier molecular flexibility index (Phi) is 10.4. The van der Waals surface area contributed by atoms with Crippen LogP contribution in [0.4, 0.5) is 0 Å². The third kappa shape index (κ3) is 8.14. The first-order chi connectivity index (χ1) is 21.7. The number of carbonyl (C=O) groups is 1. The molecule has 2 fully saturated rings. The summed E-state index contributed by atoms with van der Waals surface area (Å²) in [6, 6.07) is 39.4. The van der Waals surface area contributed by atoms with Gasteiger partial charge in [0.25, 0.3) is 5.91 Å². The number of rotatable bonds is 11. The van der Waals surface area contributed by atoms with E-state index in [1.807, 2.05) is 42.5 Å². The van der Waals surface area contributed by atoms with E-state index in [-0.39, 0.29) is 18.1 Å². The molecule has 0 aliphatic carbocycles. The molecule has 1 amide bonds. The molecule has 2 aliphatic heterocycles. The van der Waals surface area contributed by atoms with Gasteiger partial charge in [-0.15, -0.1) is 0 Å². The summed E-state index contributed by atoms with van der Waals surface area (Å²) in [7, 11) is 0. The largest absolute Gasteiger partial charge is 0.489 e. The van der Waals surface area contributed by atoms with E-state index >= 15 is 0 Å². The number of morpholine rings is 1. The average Bonchev–Trinajstić information content (AvgIpc) is 3.09. The van der Waals surface area contributed by atoms with Gasteiger partial charge in [0.05, 0.1) is 19.3 Å². The van der Waals surface area contributed by atoms with Crippen LogP contribution in [0.3, 0.4) is 0 Å². The topological polar surface area (TPSA) is 54.0 Å². The second kappa shape index (κ2) is 15.2. The Labute approximate surface area is 261 Å². The van der Waals surface area contributed by atoms with Crippen molar-refractivity contribution in [3.63, 3.8) is 0 Å². The number of hydrogen-bond donors (Lipinski definition) is 1. The van der Waals surface area contributed by atoms with Crippen LogP contribution in [0.1, 0.15) is 51.8 Å². The Hall–Kier alpha value is -3.97. The van der Waals surface area contributed by atoms with Crippen LogP contribution < -0.4 is 10.1 Å². The highest BCUT2D eigenvalue weighted by Gasteiger charge is 2.26. The van der Waals surface area contributed by atoms with Crippen LogP contribution in [0, 0.1) is 0 Å². The maximum Gasteiger partial charge on any atom is 0.251 e. The predicted octanol–water partition coefficient (Wildman–Crippen LogP) is 6.17. The van der Waals surface area contributed by atoms with Crippen molar-refractivity contribution >= 4 is 5.91 Å². The minimum Gasteiger partial charge on any atom is -0.489 e. The lowest BCUT2D eigenvalue weighted by Gasteiger charge is -2.35. The third-order valence-corrected chi connectivity index (χ3v) is 8.76. The Morgan fingerprint density at radius 2 is 1.39 bits per heavy atom. The molecular formula is C38H43N3O3. The molecule has 2 atom stereocenters. The smallest absolute Gasteiger partial charge is 0.251 e. The van der Waals surface area contributed by atoms with Gasteiger partial charge in [0.2, 0.25) is 0 Å². The van der Waals surface area contributed by atoms with Crippen LogP contribution in [0.25, 0.3) is 0 Å². The molecule has 4 aromatic rings. The molecule has 0 aromatic heterocycles. The van der Waals surface area contributed by atoms with Crippen molar-refractivity contribution in [3.8, 4) is 5.75 Å². The SMILES string of the molecule is O=C(NC(CN1CCOCC1)c1ccccc1)c1cccc(OC2CCCN(CC(c3ccccc3)c3ccccc3)C2)c1. The molecule has 1 N–H and O–H groups in total. The van der Waals surface area contributed by atoms with Crippen molar-refractivity contribution < 1.29 is 14.3 Å². The van der Waals surface area contributed by atoms with Crippen molar-refractivity contribution in [2.45, 2.75) is 30.9 Å². The third-order valence-electron chi connectivity index (χ3n) is 8.76. The maximum atomic E-state index is 13.5. The molecule has 0 bridgehead atoms. The molecule has 2 unspecified atom stereocenters. The number of nitrogens with zero attached hydrogens (tertiary/aromatic N) is 2. The second-order valence-corrected chi connectivity index (χ2v) is 11.9. The lowest BCUT2D eigenvalue weighted by atomic mass is 9.90. The second-order valence-electron chi connectivity index (χ2n) is 11.9. The van der Waals surface area contributed by atoms with Crippen LogP contribution >= 0.6 is 0 Å². The molecule has 0 spiro atoms. The molecule has 2 saturated heterocycles. The molecule has 2 heterocycles. The standard InChI is InChI=1S/C38H43N3O3/c42-38(39-37(32-16-8-3-9-17-32)29-40-22-24-43-25-23-40)33-18-10-19-34(26-33)44-35-20-11-21-41(27-35)28-36(30-12-4-1-5-13-30)31-14-6-2-7-15-31/h1-10,12-19,26,35-37H,11,20-25,27-29H2,(H,39,42). The first kappa shape index (κ1) is 30.1. The van der Waals surface area contributed by atoms with E-state index in [4.69, 9.17) is 9.47 Å². The van der Waals surface area contributed by atoms with Gasteiger partial charge in [0, 0.05) is 44.2 Å². The zero-order chi connectivity index (χ0) is 30.0. The number of piperidine rings is 1. The van der Waals surface area contributed by atoms with E-state index in [2.05, 4.69) is 87.9 Å². The summed E-state index contributed by atoms with van der Waals surface area (Å²) in [5.41, 5.74) is 4.39. The zero-order valence-electron chi connectivity index (χ0n) is 25.4. The monoisotopic (exact) mass is 589 g/mol. The summed E-state index contributed by atoms with van der Waals surface area (Å²) >= 11 is 0. The molecule has 6 nitrogen and oxygen atoms in total. The summed E-state index contributed by atoms with van der Waals surface area (Å²) in [4.78, 5) is 18.4. The Morgan fingerprint density at radius 1 is 0.750 bits per heavy atom. The molecule has 6 heteroatoms. The van der Waals surface area contributed by atoms with Crippen LogP contribution in [0.15, 0.2) is 115 Å². The van der Waals surface area contributed by atoms with E-state index in [0.717, 1.165) is 76.6 Å². The first-order valence-corrected chi connectivity index (χ1v) is 16.0. The summed E-state index contributed by atoms with van der Waals surface area (Å²) in [5.74, 6) is 0.964. The van der Waals surface area contributed by atoms with Gasteiger partial charge in [0.1, 0.15) is 11.9 Å². The number of benzene rings is 4. The Balaban J connectivity index is 1.10. The molecular weight excluding hydrogens is 546 g/mol. The molecule has 44 heavy (non-hydrogen) atoms. The van der Waals surface area contributed by atoms with Crippen LogP contribution in [0.2, 0.25) is 0 Å². The van der Waals surface area contributed by atoms with Gasteiger partial charge >= 0.3 is 0 Å². The van der Waals surface area contributed by atoms with Gasteiger partial charge in [-0.1, -0.05) is 97.1 Å². The van der Waals surface area contributed by atoms with Gasteiger partial charge in [-0.25, -0.2) is 0 Å². The summed E-state index contributed by atoms with van der Waals surface area (Å²) < 4.78 is 12.1. The van der Waals surface area contributed by atoms with Crippen LogP contribution in [0.5, 0.6) is 5.75 Å². The highest BCUT2D eigenvalue weighted by Crippen LogP contribution is 2.28. The number of ether oxygens (including phenoxy) is 2. The lowest BCUT2D eigenvalue weighted by molar-refractivity contribution is 0.0332. The van der Waals surface area contributed by atoms with Gasteiger partial charge in [-0.3, -0.25) is 14.6 Å². The zero-order valence-corrected chi connectivity index (χ0v) is 25.4.